The number of nitrogens with zero attached hydrogens (tertiary/aromatic N) is 2. The van der Waals surface area contributed by atoms with Crippen molar-refractivity contribution >= 4 is 21.7 Å². The molecule has 1 unspecified atom stereocenters. The fourth-order valence-electron chi connectivity index (χ4n) is 1.48. The van der Waals surface area contributed by atoms with Crippen molar-refractivity contribution in [2.24, 2.45) is 5.92 Å². The average molecular weight is 302 g/mol. The summed E-state index contributed by atoms with van der Waals surface area (Å²) >= 11 is 0. The van der Waals surface area contributed by atoms with Gasteiger partial charge in [0.25, 0.3) is 5.69 Å². The number of carboxylic acids is 1. The summed E-state index contributed by atoms with van der Waals surface area (Å²) in [5, 5.41) is 19.3. The van der Waals surface area contributed by atoms with E-state index < -0.39 is 26.8 Å². The van der Waals surface area contributed by atoms with Crippen LogP contribution in [-0.2, 0) is 14.8 Å². The standard InChI is InChI=1S/C11H14N2O6S/c1-8(11(14)15)7-12(2)20(18,19)10-5-3-9(4-6-10)13(16)17/h3-6,8H,7H2,1-2H3,(H,14,15). The molecular weight excluding hydrogens is 288 g/mol. The van der Waals surface area contributed by atoms with Crippen LogP contribution in [0.1, 0.15) is 6.92 Å². The van der Waals surface area contributed by atoms with Crippen LogP contribution in [-0.4, -0.2) is 42.3 Å². The van der Waals surface area contributed by atoms with Crippen LogP contribution in [0.15, 0.2) is 29.2 Å². The van der Waals surface area contributed by atoms with Crippen molar-refractivity contribution in [1.82, 2.24) is 4.31 Å². The molecule has 0 amide bonds. The Morgan fingerprint density at radius 3 is 2.30 bits per heavy atom. The average Bonchev–Trinajstić information content (AvgIpc) is 2.38. The van der Waals surface area contributed by atoms with E-state index in [1.165, 1.54) is 14.0 Å². The van der Waals surface area contributed by atoms with Gasteiger partial charge in [0.2, 0.25) is 10.0 Å². The fourth-order valence-corrected chi connectivity index (χ4v) is 2.74. The van der Waals surface area contributed by atoms with E-state index in [1.807, 2.05) is 0 Å². The highest BCUT2D eigenvalue weighted by molar-refractivity contribution is 7.89. The van der Waals surface area contributed by atoms with Gasteiger partial charge in [-0.05, 0) is 12.1 Å². The normalized spacial score (nSPS) is 13.2. The van der Waals surface area contributed by atoms with E-state index in [0.29, 0.717) is 0 Å². The Morgan fingerprint density at radius 2 is 1.90 bits per heavy atom. The molecule has 0 bridgehead atoms. The number of sulfonamides is 1. The van der Waals surface area contributed by atoms with Gasteiger partial charge >= 0.3 is 5.97 Å². The number of hydrogen-bond donors (Lipinski definition) is 1. The molecule has 1 aromatic carbocycles. The van der Waals surface area contributed by atoms with Gasteiger partial charge in [-0.1, -0.05) is 6.92 Å². The molecule has 0 aliphatic carbocycles. The van der Waals surface area contributed by atoms with Gasteiger partial charge in [0.1, 0.15) is 0 Å². The number of carbonyl (C=O) groups is 1. The maximum Gasteiger partial charge on any atom is 0.307 e. The Bertz CT molecular complexity index is 610. The number of rotatable bonds is 6. The first-order valence-corrected chi connectivity index (χ1v) is 7.04. The third kappa shape index (κ3) is 3.52. The Balaban J connectivity index is 2.98. The van der Waals surface area contributed by atoms with Crippen molar-refractivity contribution < 1.29 is 23.2 Å². The monoisotopic (exact) mass is 302 g/mol. The molecular formula is C11H14N2O6S. The first-order valence-electron chi connectivity index (χ1n) is 5.60. The molecule has 0 saturated heterocycles. The molecule has 0 aromatic heterocycles. The predicted molar refractivity (Wildman–Crippen MR) is 69.7 cm³/mol. The molecule has 0 heterocycles. The van der Waals surface area contributed by atoms with Gasteiger partial charge < -0.3 is 5.11 Å². The van der Waals surface area contributed by atoms with Crippen LogP contribution >= 0.6 is 0 Å². The fraction of sp³-hybridized carbons (Fsp3) is 0.364. The maximum absolute atomic E-state index is 12.1. The van der Waals surface area contributed by atoms with Crippen LogP contribution in [0, 0.1) is 16.0 Å². The van der Waals surface area contributed by atoms with Crippen LogP contribution in [0.3, 0.4) is 0 Å². The van der Waals surface area contributed by atoms with Gasteiger partial charge in [0, 0.05) is 25.7 Å². The minimum absolute atomic E-state index is 0.122. The summed E-state index contributed by atoms with van der Waals surface area (Å²) < 4.78 is 25.2. The second-order valence-electron chi connectivity index (χ2n) is 4.28. The first kappa shape index (κ1) is 16.1. The maximum atomic E-state index is 12.1. The largest absolute Gasteiger partial charge is 0.481 e. The van der Waals surface area contributed by atoms with E-state index in [4.69, 9.17) is 5.11 Å². The molecule has 8 nitrogen and oxygen atoms in total. The SMILES string of the molecule is CC(CN(C)S(=O)(=O)c1ccc([N+](=O)[O-])cc1)C(=O)O. The van der Waals surface area contributed by atoms with E-state index in [-0.39, 0.29) is 17.1 Å². The second-order valence-corrected chi connectivity index (χ2v) is 6.32. The number of nitro groups is 1. The molecule has 1 aromatic rings. The molecule has 0 radical (unpaired) electrons. The molecule has 1 atom stereocenters. The molecule has 20 heavy (non-hydrogen) atoms. The molecule has 110 valence electrons. The highest BCUT2D eigenvalue weighted by Crippen LogP contribution is 2.19. The third-order valence-electron chi connectivity index (χ3n) is 2.71. The lowest BCUT2D eigenvalue weighted by molar-refractivity contribution is -0.384. The van der Waals surface area contributed by atoms with Crippen LogP contribution in [0.4, 0.5) is 5.69 Å². The molecule has 0 spiro atoms. The molecule has 9 heteroatoms. The summed E-state index contributed by atoms with van der Waals surface area (Å²) in [7, 11) is -2.60. The highest BCUT2D eigenvalue weighted by atomic mass is 32.2. The number of nitro benzene ring substituents is 1. The second kappa shape index (κ2) is 5.97. The van der Waals surface area contributed by atoms with E-state index in [2.05, 4.69) is 0 Å². The molecule has 0 aliphatic heterocycles. The quantitative estimate of drug-likeness (QED) is 0.617. The van der Waals surface area contributed by atoms with Gasteiger partial charge in [-0.2, -0.15) is 0 Å². The number of benzene rings is 1. The summed E-state index contributed by atoms with van der Waals surface area (Å²) in [6.07, 6.45) is 0. The summed E-state index contributed by atoms with van der Waals surface area (Å²) in [5.41, 5.74) is -0.217. The summed E-state index contributed by atoms with van der Waals surface area (Å²) in [5.74, 6) is -1.96. The molecule has 0 aliphatic rings. The lowest BCUT2D eigenvalue weighted by Crippen LogP contribution is -2.33. The van der Waals surface area contributed by atoms with Gasteiger partial charge in [-0.15, -0.1) is 0 Å². The van der Waals surface area contributed by atoms with Crippen LogP contribution in [0.5, 0.6) is 0 Å². The molecule has 1 rings (SSSR count). The zero-order valence-corrected chi connectivity index (χ0v) is 11.7. The first-order chi connectivity index (χ1) is 9.16. The van der Waals surface area contributed by atoms with Crippen LogP contribution < -0.4 is 0 Å². The molecule has 0 saturated carbocycles. The van der Waals surface area contributed by atoms with Gasteiger partial charge in [-0.3, -0.25) is 14.9 Å². The Hall–Kier alpha value is -2.00. The minimum Gasteiger partial charge on any atom is -0.481 e. The number of carboxylic acid groups (broad SMARTS) is 1. The van der Waals surface area contributed by atoms with Crippen molar-refractivity contribution in [3.63, 3.8) is 0 Å². The van der Waals surface area contributed by atoms with Crippen molar-refractivity contribution in [2.45, 2.75) is 11.8 Å². The summed E-state index contributed by atoms with van der Waals surface area (Å²) in [6, 6.07) is 4.41. The van der Waals surface area contributed by atoms with E-state index >= 15 is 0 Å². The topological polar surface area (TPSA) is 118 Å². The zero-order valence-electron chi connectivity index (χ0n) is 10.9. The lowest BCUT2D eigenvalue weighted by atomic mass is 10.2. The predicted octanol–water partition coefficient (Wildman–Crippen LogP) is 0.936. The van der Waals surface area contributed by atoms with Crippen molar-refractivity contribution in [3.8, 4) is 0 Å². The van der Waals surface area contributed by atoms with Gasteiger partial charge in [-0.25, -0.2) is 12.7 Å². The minimum atomic E-state index is -3.86. The number of aliphatic carboxylic acids is 1. The van der Waals surface area contributed by atoms with E-state index in [0.717, 1.165) is 28.6 Å². The van der Waals surface area contributed by atoms with Gasteiger partial charge in [0.05, 0.1) is 15.7 Å². The van der Waals surface area contributed by atoms with Crippen molar-refractivity contribution in [1.29, 1.82) is 0 Å². The van der Waals surface area contributed by atoms with Crippen LogP contribution in [0.25, 0.3) is 0 Å². The van der Waals surface area contributed by atoms with Crippen LogP contribution in [0.2, 0.25) is 0 Å². The Kier molecular flexibility index (Phi) is 4.79. The number of non-ortho nitro benzene ring substituents is 1. The van der Waals surface area contributed by atoms with Crippen molar-refractivity contribution in [3.05, 3.63) is 34.4 Å². The molecule has 0 fully saturated rings. The zero-order chi connectivity index (χ0) is 15.5. The summed E-state index contributed by atoms with van der Waals surface area (Å²) in [6.45, 7) is 1.21. The third-order valence-corrected chi connectivity index (χ3v) is 4.55. The Labute approximate surface area is 115 Å². The highest BCUT2D eigenvalue weighted by Gasteiger charge is 2.25. The molecule has 1 N–H and O–H groups in total. The lowest BCUT2D eigenvalue weighted by Gasteiger charge is -2.19. The van der Waals surface area contributed by atoms with E-state index in [1.54, 1.807) is 0 Å². The smallest absolute Gasteiger partial charge is 0.307 e. The van der Waals surface area contributed by atoms with Gasteiger partial charge in [0.15, 0.2) is 0 Å². The number of hydrogen-bond acceptors (Lipinski definition) is 5. The van der Waals surface area contributed by atoms with Crippen molar-refractivity contribution in [2.75, 3.05) is 13.6 Å². The Morgan fingerprint density at radius 1 is 1.40 bits per heavy atom. The van der Waals surface area contributed by atoms with E-state index in [9.17, 15) is 23.3 Å². The summed E-state index contributed by atoms with van der Waals surface area (Å²) in [4.78, 5) is 20.5.